The smallest absolute Gasteiger partial charge is 0.222 e. The molecule has 1 aromatic heterocycles. The molecule has 1 N–H and O–H groups in total. The Morgan fingerprint density at radius 3 is 2.73 bits per heavy atom. The molecule has 6 nitrogen and oxygen atoms in total. The van der Waals surface area contributed by atoms with E-state index in [1.165, 1.54) is 24.2 Å². The maximum atomic E-state index is 4.82. The van der Waals surface area contributed by atoms with Gasteiger partial charge in [-0.05, 0) is 25.8 Å². The molecule has 1 aliphatic rings. The lowest BCUT2D eigenvalue weighted by atomic mass is 10.2. The van der Waals surface area contributed by atoms with Gasteiger partial charge in [0.15, 0.2) is 0 Å². The van der Waals surface area contributed by atoms with Crippen molar-refractivity contribution >= 4 is 39.2 Å². The zero-order valence-electron chi connectivity index (χ0n) is 15.3. The van der Waals surface area contributed by atoms with Crippen LogP contribution in [0.4, 0.5) is 5.13 Å². The highest BCUT2D eigenvalue weighted by atomic mass is 32.2. The molecule has 0 amide bonds. The van der Waals surface area contributed by atoms with E-state index < -0.39 is 0 Å². The summed E-state index contributed by atoms with van der Waals surface area (Å²) in [6.45, 7) is 6.80. The number of hydrogen-bond donors (Lipinski definition) is 1. The number of rotatable bonds is 6. The summed E-state index contributed by atoms with van der Waals surface area (Å²) < 4.78 is 0. The summed E-state index contributed by atoms with van der Waals surface area (Å²) in [7, 11) is 0. The van der Waals surface area contributed by atoms with E-state index in [0.29, 0.717) is 6.54 Å². The lowest BCUT2D eigenvalue weighted by Gasteiger charge is -2.24. The maximum absolute atomic E-state index is 4.82. The molecule has 0 aliphatic carbocycles. The minimum atomic E-state index is 0.269. The molecule has 0 saturated heterocycles. The minimum absolute atomic E-state index is 0.269. The third-order valence-electron chi connectivity index (χ3n) is 3.85. The molecule has 1 aromatic carbocycles. The molecule has 0 spiro atoms. The topological polar surface area (TPSA) is 65.8 Å². The van der Waals surface area contributed by atoms with Crippen LogP contribution in [-0.4, -0.2) is 31.6 Å². The van der Waals surface area contributed by atoms with E-state index in [-0.39, 0.29) is 5.37 Å². The summed E-state index contributed by atoms with van der Waals surface area (Å²) in [6, 6.07) is 10.2. The van der Waals surface area contributed by atoms with Gasteiger partial charge in [-0.1, -0.05) is 73.2 Å². The Balaban J connectivity index is 1.83. The molecule has 138 valence electrons. The van der Waals surface area contributed by atoms with Crippen molar-refractivity contribution in [3.05, 3.63) is 40.9 Å². The van der Waals surface area contributed by atoms with Crippen molar-refractivity contribution in [2.24, 2.45) is 10.1 Å². The number of thioether (sulfide) groups is 1. The van der Waals surface area contributed by atoms with Gasteiger partial charge in [0.05, 0.1) is 11.6 Å². The lowest BCUT2D eigenvalue weighted by Crippen LogP contribution is -2.36. The van der Waals surface area contributed by atoms with Crippen molar-refractivity contribution in [1.82, 2.24) is 15.2 Å². The molecule has 2 aromatic rings. The molecule has 0 fully saturated rings. The van der Waals surface area contributed by atoms with Gasteiger partial charge >= 0.3 is 0 Å². The van der Waals surface area contributed by atoms with E-state index in [9.17, 15) is 0 Å². The number of aliphatic imine (C=N–C) groups is 1. The average Bonchev–Trinajstić information content (AvgIpc) is 3.22. The Hall–Kier alpha value is -1.93. The number of unbranched alkanes of at least 4 members (excludes halogenated alkanes) is 1. The third kappa shape index (κ3) is 5.04. The molecular weight excluding hydrogens is 364 g/mol. The van der Waals surface area contributed by atoms with Crippen LogP contribution in [0.2, 0.25) is 0 Å². The number of aryl methyl sites for hydroxylation is 1. The Labute approximate surface area is 162 Å². The number of nitrogens with zero attached hydrogens (tertiary/aromatic N) is 5. The third-order valence-corrected chi connectivity index (χ3v) is 5.73. The fourth-order valence-corrected chi connectivity index (χ4v) is 4.24. The second-order valence-electron chi connectivity index (χ2n) is 6.05. The molecule has 0 radical (unpaired) electrons. The highest BCUT2D eigenvalue weighted by molar-refractivity contribution is 8.14. The first-order valence-corrected chi connectivity index (χ1v) is 10.5. The van der Waals surface area contributed by atoms with Gasteiger partial charge in [-0.15, -0.1) is 10.2 Å². The van der Waals surface area contributed by atoms with Crippen molar-refractivity contribution in [2.45, 2.75) is 52.0 Å². The Morgan fingerprint density at radius 1 is 1.23 bits per heavy atom. The van der Waals surface area contributed by atoms with Crippen LogP contribution in [-0.2, 0) is 6.54 Å². The Bertz CT molecular complexity index is 771. The Kier molecular flexibility index (Phi) is 6.62. The van der Waals surface area contributed by atoms with E-state index in [4.69, 9.17) is 10.1 Å². The second-order valence-corrected chi connectivity index (χ2v) is 8.61. The van der Waals surface area contributed by atoms with Crippen LogP contribution < -0.4 is 5.32 Å². The molecular formula is C18H24N6S2. The summed E-state index contributed by atoms with van der Waals surface area (Å²) in [4.78, 5) is 4.82. The fraction of sp³-hybridized carbons (Fsp3) is 0.444. The van der Waals surface area contributed by atoms with Crippen molar-refractivity contribution in [1.29, 1.82) is 0 Å². The molecule has 8 heteroatoms. The van der Waals surface area contributed by atoms with Gasteiger partial charge in [0.25, 0.3) is 0 Å². The second kappa shape index (κ2) is 9.14. The molecule has 1 unspecified atom stereocenters. The van der Waals surface area contributed by atoms with Crippen LogP contribution in [0.25, 0.3) is 0 Å². The quantitative estimate of drug-likeness (QED) is 0.573. The summed E-state index contributed by atoms with van der Waals surface area (Å²) in [5, 5.41) is 21.3. The number of hydrazone groups is 1. The van der Waals surface area contributed by atoms with Crippen molar-refractivity contribution in [3.63, 3.8) is 0 Å². The van der Waals surface area contributed by atoms with Crippen molar-refractivity contribution in [2.75, 3.05) is 5.32 Å². The first kappa shape index (κ1) is 18.8. The van der Waals surface area contributed by atoms with Crippen LogP contribution in [0.15, 0.2) is 40.4 Å². The van der Waals surface area contributed by atoms with E-state index in [1.807, 2.05) is 37.1 Å². The predicted octanol–water partition coefficient (Wildman–Crippen LogP) is 4.71. The molecule has 0 saturated carbocycles. The standard InChI is InChI=1S/C18H24N6S2/c1-4-5-11-16-24(23-14(3)25-16)17(20-18-22-21-13(2)26-18)19-12-15-9-7-6-8-10-15/h6-10,16H,4-5,11-12H2,1-3H3,(H,19,20,22). The van der Waals surface area contributed by atoms with E-state index in [0.717, 1.165) is 33.1 Å². The summed E-state index contributed by atoms with van der Waals surface area (Å²) >= 11 is 3.32. The molecule has 2 heterocycles. The first-order chi connectivity index (χ1) is 12.7. The van der Waals surface area contributed by atoms with Gasteiger partial charge in [0, 0.05) is 0 Å². The van der Waals surface area contributed by atoms with Gasteiger partial charge in [-0.3, -0.25) is 5.32 Å². The summed E-state index contributed by atoms with van der Waals surface area (Å²) in [5.41, 5.74) is 1.16. The van der Waals surface area contributed by atoms with Crippen molar-refractivity contribution in [3.8, 4) is 0 Å². The van der Waals surface area contributed by atoms with Crippen LogP contribution in [0, 0.1) is 6.92 Å². The summed E-state index contributed by atoms with van der Waals surface area (Å²) in [5.74, 6) is 0.732. The van der Waals surface area contributed by atoms with Crippen LogP contribution in [0.5, 0.6) is 0 Å². The van der Waals surface area contributed by atoms with Crippen LogP contribution in [0.1, 0.15) is 43.7 Å². The number of aromatic nitrogens is 2. The number of guanidine groups is 1. The first-order valence-electron chi connectivity index (χ1n) is 8.82. The fourth-order valence-electron chi connectivity index (χ4n) is 2.59. The van der Waals surface area contributed by atoms with Gasteiger partial charge in [-0.2, -0.15) is 5.10 Å². The highest BCUT2D eigenvalue weighted by Gasteiger charge is 2.29. The van der Waals surface area contributed by atoms with Crippen molar-refractivity contribution < 1.29 is 0 Å². The largest absolute Gasteiger partial charge is 0.299 e. The van der Waals surface area contributed by atoms with E-state index >= 15 is 0 Å². The Morgan fingerprint density at radius 2 is 2.04 bits per heavy atom. The minimum Gasteiger partial charge on any atom is -0.299 e. The number of anilines is 1. The molecule has 1 atom stereocenters. The number of benzene rings is 1. The molecule has 3 rings (SSSR count). The molecule has 0 bridgehead atoms. The van der Waals surface area contributed by atoms with Gasteiger partial charge in [-0.25, -0.2) is 10.0 Å². The zero-order chi connectivity index (χ0) is 18.4. The lowest BCUT2D eigenvalue weighted by molar-refractivity contribution is 0.400. The average molecular weight is 389 g/mol. The van der Waals surface area contributed by atoms with Crippen LogP contribution in [0.3, 0.4) is 0 Å². The molecule has 1 aliphatic heterocycles. The number of nitrogens with one attached hydrogen (secondary N) is 1. The summed E-state index contributed by atoms with van der Waals surface area (Å²) in [6.07, 6.45) is 3.41. The predicted molar refractivity (Wildman–Crippen MR) is 112 cm³/mol. The van der Waals surface area contributed by atoms with Gasteiger partial charge < -0.3 is 0 Å². The monoisotopic (exact) mass is 388 g/mol. The van der Waals surface area contributed by atoms with Crippen LogP contribution >= 0.6 is 23.1 Å². The van der Waals surface area contributed by atoms with E-state index in [1.54, 1.807) is 11.8 Å². The van der Waals surface area contributed by atoms with Gasteiger partial charge in [0.2, 0.25) is 11.1 Å². The van der Waals surface area contributed by atoms with E-state index in [2.05, 4.69) is 34.6 Å². The highest BCUT2D eigenvalue weighted by Crippen LogP contribution is 2.30. The normalized spacial score (nSPS) is 17.5. The molecule has 26 heavy (non-hydrogen) atoms. The number of hydrogen-bond acceptors (Lipinski definition) is 6. The SMILES string of the molecule is CCCCC1SC(C)=NN1C(=NCc1ccccc1)Nc1nnc(C)s1. The zero-order valence-corrected chi connectivity index (χ0v) is 17.0. The van der Waals surface area contributed by atoms with Gasteiger partial charge in [0.1, 0.15) is 10.4 Å². The maximum Gasteiger partial charge on any atom is 0.222 e.